The first-order valence-electron chi connectivity index (χ1n) is 2.18. The molecule has 0 bridgehead atoms. The van der Waals surface area contributed by atoms with Gasteiger partial charge in [0.2, 0.25) is 0 Å². The lowest BCUT2D eigenvalue weighted by Gasteiger charge is -1.92. The molecule has 2 N–H and O–H groups in total. The molecule has 6 heteroatoms. The van der Waals surface area contributed by atoms with Gasteiger partial charge in [0.25, 0.3) is 0 Å². The van der Waals surface area contributed by atoms with Gasteiger partial charge in [-0.3, -0.25) is 4.79 Å². The van der Waals surface area contributed by atoms with E-state index in [9.17, 15) is 10.0 Å². The van der Waals surface area contributed by atoms with Gasteiger partial charge in [-0.05, 0) is 0 Å². The minimum absolute atomic E-state index is 0.103. The third kappa shape index (κ3) is 4.52. The lowest BCUT2D eigenvalue weighted by molar-refractivity contribution is -0.554. The number of carbonyl (C=O) groups is 1. The Labute approximate surface area is 50.6 Å². The lowest BCUT2D eigenvalue weighted by Crippen LogP contribution is -2.07. The van der Waals surface area contributed by atoms with Crippen molar-refractivity contribution in [2.24, 2.45) is 5.28 Å². The van der Waals surface area contributed by atoms with Crippen LogP contribution in [0.5, 0.6) is 0 Å². The molecule has 0 atom stereocenters. The number of hydroxylamine groups is 1. The third-order valence-electron chi connectivity index (χ3n) is 0.617. The Hall–Kier alpha value is -1.33. The van der Waals surface area contributed by atoms with Crippen LogP contribution in [0.15, 0.2) is 5.28 Å². The number of nitrogens with zero attached hydrogens (tertiary/aromatic N) is 2. The van der Waals surface area contributed by atoms with E-state index in [0.717, 1.165) is 0 Å². The Kier molecular flexibility index (Phi) is 3.11. The van der Waals surface area contributed by atoms with E-state index in [1.807, 2.05) is 0 Å². The van der Waals surface area contributed by atoms with Crippen LogP contribution in [0.1, 0.15) is 6.42 Å². The quantitative estimate of drug-likeness (QED) is 0.317. The molecule has 0 spiro atoms. The average Bonchev–Trinajstić information content (AvgIpc) is 1.83. The molecule has 0 aromatic rings. The van der Waals surface area contributed by atoms with Crippen LogP contribution in [-0.4, -0.2) is 27.7 Å². The second-order valence-corrected chi connectivity index (χ2v) is 1.31. The van der Waals surface area contributed by atoms with Gasteiger partial charge in [-0.2, -0.15) is 0 Å². The Bertz CT molecular complexity index is 132. The van der Waals surface area contributed by atoms with Crippen molar-refractivity contribution in [3.8, 4) is 0 Å². The Morgan fingerprint density at radius 3 is 2.67 bits per heavy atom. The van der Waals surface area contributed by atoms with Crippen LogP contribution in [0, 0.1) is 5.21 Å². The Balaban J connectivity index is 3.39. The average molecular weight is 134 g/mol. The minimum atomic E-state index is -1.10. The van der Waals surface area contributed by atoms with Crippen LogP contribution in [0.3, 0.4) is 0 Å². The molecule has 0 amide bonds. The molecule has 9 heavy (non-hydrogen) atoms. The van der Waals surface area contributed by atoms with Crippen molar-refractivity contribution in [3.05, 3.63) is 5.21 Å². The fraction of sp³-hybridized carbons (Fsp3) is 0.667. The Morgan fingerprint density at radius 2 is 2.33 bits per heavy atom. The summed E-state index contributed by atoms with van der Waals surface area (Å²) in [4.78, 5) is 9.63. The van der Waals surface area contributed by atoms with Crippen molar-refractivity contribution in [1.29, 1.82) is 0 Å². The number of carboxylic acids is 1. The van der Waals surface area contributed by atoms with Crippen molar-refractivity contribution in [1.82, 2.24) is 0 Å². The summed E-state index contributed by atoms with van der Waals surface area (Å²) in [5.41, 5.74) is 0. The summed E-state index contributed by atoms with van der Waals surface area (Å²) in [6.45, 7) is -0.328. The first-order valence-corrected chi connectivity index (χ1v) is 2.18. The summed E-state index contributed by atoms with van der Waals surface area (Å²) < 4.78 is 0. The van der Waals surface area contributed by atoms with Crippen LogP contribution in [0.4, 0.5) is 0 Å². The second-order valence-electron chi connectivity index (χ2n) is 1.31. The maximum atomic E-state index is 9.95. The molecule has 0 radical (unpaired) electrons. The maximum Gasteiger partial charge on any atom is 0.309 e. The SMILES string of the molecule is O=C(O)CC[N+]([O-])=NO. The van der Waals surface area contributed by atoms with E-state index in [-0.39, 0.29) is 17.8 Å². The normalized spacial score (nSPS) is 11.3. The molecule has 0 heterocycles. The summed E-state index contributed by atoms with van der Waals surface area (Å²) in [7, 11) is 0. The van der Waals surface area contributed by atoms with Crippen LogP contribution in [0.2, 0.25) is 0 Å². The van der Waals surface area contributed by atoms with Gasteiger partial charge in [-0.1, -0.05) is 4.86 Å². The molecule has 0 saturated heterocycles. The summed E-state index contributed by atoms with van der Waals surface area (Å²) in [6, 6.07) is 0. The molecule has 0 aromatic carbocycles. The number of aliphatic carboxylic acids is 1. The molecule has 0 unspecified atom stereocenters. The first kappa shape index (κ1) is 7.67. The Morgan fingerprint density at radius 1 is 1.78 bits per heavy atom. The van der Waals surface area contributed by atoms with E-state index in [4.69, 9.17) is 10.3 Å². The summed E-state index contributed by atoms with van der Waals surface area (Å²) in [5.74, 6) is -1.10. The maximum absolute atomic E-state index is 9.95. The fourth-order valence-electron chi connectivity index (χ4n) is 0.236. The number of hydrogen-bond acceptors (Lipinski definition) is 3. The first-order chi connectivity index (χ1) is 4.16. The highest BCUT2D eigenvalue weighted by molar-refractivity contribution is 5.66. The van der Waals surface area contributed by atoms with Gasteiger partial charge >= 0.3 is 5.97 Å². The topological polar surface area (TPSA) is 96.0 Å². The van der Waals surface area contributed by atoms with Crippen molar-refractivity contribution in [2.75, 3.05) is 6.54 Å². The standard InChI is InChI=1S/C3H6N2O4/c6-3(7)1-2-5(9)4-8/h8H,1-2H2,(H,6,7). The van der Waals surface area contributed by atoms with Crippen LogP contribution >= 0.6 is 0 Å². The van der Waals surface area contributed by atoms with E-state index in [2.05, 4.69) is 5.28 Å². The minimum Gasteiger partial charge on any atom is -0.597 e. The van der Waals surface area contributed by atoms with Gasteiger partial charge in [0, 0.05) is 0 Å². The van der Waals surface area contributed by atoms with Gasteiger partial charge in [0.05, 0.1) is 0 Å². The van der Waals surface area contributed by atoms with Crippen LogP contribution in [0.25, 0.3) is 0 Å². The highest BCUT2D eigenvalue weighted by Gasteiger charge is 2.01. The second kappa shape index (κ2) is 3.65. The van der Waals surface area contributed by atoms with Crippen molar-refractivity contribution >= 4 is 5.97 Å². The molecule has 0 rings (SSSR count). The monoisotopic (exact) mass is 134 g/mol. The number of rotatable bonds is 3. The van der Waals surface area contributed by atoms with E-state index in [1.165, 1.54) is 0 Å². The zero-order chi connectivity index (χ0) is 7.28. The molecule has 6 nitrogen and oxygen atoms in total. The van der Waals surface area contributed by atoms with Crippen molar-refractivity contribution in [3.63, 3.8) is 0 Å². The molecule has 52 valence electrons. The van der Waals surface area contributed by atoms with E-state index in [1.54, 1.807) is 0 Å². The summed E-state index contributed by atoms with van der Waals surface area (Å²) >= 11 is 0. The molecule has 0 aliphatic carbocycles. The molecule has 0 fully saturated rings. The lowest BCUT2D eigenvalue weighted by atomic mass is 10.4. The molecule has 0 aromatic heterocycles. The number of hydrogen-bond donors (Lipinski definition) is 2. The molecule has 0 aliphatic heterocycles. The zero-order valence-corrected chi connectivity index (χ0v) is 4.52. The summed E-state index contributed by atoms with van der Waals surface area (Å²) in [6.07, 6.45) is -0.326. The van der Waals surface area contributed by atoms with Gasteiger partial charge < -0.3 is 15.5 Å². The molecular weight excluding hydrogens is 128 g/mol. The molecule has 0 aliphatic rings. The van der Waals surface area contributed by atoms with E-state index >= 15 is 0 Å². The largest absolute Gasteiger partial charge is 0.597 e. The third-order valence-corrected chi connectivity index (χ3v) is 0.617. The molecule has 0 saturated carbocycles. The molecular formula is C3H6N2O4. The van der Waals surface area contributed by atoms with Crippen LogP contribution in [-0.2, 0) is 4.79 Å². The van der Waals surface area contributed by atoms with Crippen LogP contribution < -0.4 is 0 Å². The number of carboxylic acid groups (broad SMARTS) is 1. The predicted molar refractivity (Wildman–Crippen MR) is 25.0 cm³/mol. The summed E-state index contributed by atoms with van der Waals surface area (Å²) in [5, 5.41) is 27.8. The van der Waals surface area contributed by atoms with Gasteiger partial charge in [-0.25, -0.2) is 0 Å². The van der Waals surface area contributed by atoms with Gasteiger partial charge in [-0.15, -0.1) is 0 Å². The van der Waals surface area contributed by atoms with Gasteiger partial charge in [0.15, 0.2) is 11.8 Å². The highest BCUT2D eigenvalue weighted by atomic mass is 16.6. The smallest absolute Gasteiger partial charge is 0.309 e. The predicted octanol–water partition coefficient (Wildman–Crippen LogP) is -0.187. The van der Waals surface area contributed by atoms with Crippen molar-refractivity contribution < 1.29 is 20.0 Å². The highest BCUT2D eigenvalue weighted by Crippen LogP contribution is 1.80. The van der Waals surface area contributed by atoms with Gasteiger partial charge in [0.1, 0.15) is 6.42 Å². The van der Waals surface area contributed by atoms with E-state index in [0.29, 0.717) is 0 Å². The van der Waals surface area contributed by atoms with E-state index < -0.39 is 5.97 Å². The zero-order valence-electron chi connectivity index (χ0n) is 4.52. The fourth-order valence-corrected chi connectivity index (χ4v) is 0.236. The van der Waals surface area contributed by atoms with Crippen molar-refractivity contribution in [2.45, 2.75) is 6.42 Å².